The molecule has 0 aromatic heterocycles. The van der Waals surface area contributed by atoms with Crippen LogP contribution in [0.25, 0.3) is 0 Å². The highest BCUT2D eigenvalue weighted by atomic mass is 32.2. The molecule has 0 spiro atoms. The van der Waals surface area contributed by atoms with Crippen LogP contribution in [0.5, 0.6) is 5.75 Å². The predicted molar refractivity (Wildman–Crippen MR) is 49.4 cm³/mol. The third-order valence-corrected chi connectivity index (χ3v) is 2.31. The van der Waals surface area contributed by atoms with Gasteiger partial charge in [0.1, 0.15) is 5.75 Å². The van der Waals surface area contributed by atoms with Gasteiger partial charge in [0.25, 0.3) is 0 Å². The molecule has 0 amide bonds. The van der Waals surface area contributed by atoms with E-state index in [4.69, 9.17) is 4.74 Å². The van der Waals surface area contributed by atoms with Crippen molar-refractivity contribution in [2.75, 3.05) is 12.9 Å². The maximum absolute atomic E-state index is 5.18. The van der Waals surface area contributed by atoms with Crippen molar-refractivity contribution in [1.29, 1.82) is 0 Å². The van der Waals surface area contributed by atoms with E-state index in [2.05, 4.69) is 13.0 Å². The highest BCUT2D eigenvalue weighted by Crippen LogP contribution is 2.27. The lowest BCUT2D eigenvalue weighted by atomic mass is 10.3. The minimum absolute atomic E-state index is 0.972. The molecule has 0 fully saturated rings. The fourth-order valence-electron chi connectivity index (χ4n) is 0.894. The van der Waals surface area contributed by atoms with E-state index >= 15 is 0 Å². The smallest absolute Gasteiger partial charge is 0.132 e. The van der Waals surface area contributed by atoms with Gasteiger partial charge in [0.15, 0.2) is 0 Å². The van der Waals surface area contributed by atoms with Crippen LogP contribution in [-0.2, 0) is 0 Å². The van der Waals surface area contributed by atoms with Crippen molar-refractivity contribution in [1.82, 2.24) is 0 Å². The number of thioether (sulfide) groups is 1. The van der Waals surface area contributed by atoms with Gasteiger partial charge in [0.2, 0.25) is 0 Å². The first kappa shape index (κ1) is 8.47. The lowest BCUT2D eigenvalue weighted by Crippen LogP contribution is -1.84. The van der Waals surface area contributed by atoms with Crippen molar-refractivity contribution in [2.45, 2.75) is 11.8 Å². The summed E-state index contributed by atoms with van der Waals surface area (Å²) in [7, 11) is 1.70. The Balaban J connectivity index is 2.83. The van der Waals surface area contributed by atoms with Gasteiger partial charge in [-0.3, -0.25) is 0 Å². The molecule has 1 rings (SSSR count). The molecular weight excluding hydrogens is 156 g/mol. The molecule has 1 aromatic rings. The summed E-state index contributed by atoms with van der Waals surface area (Å²) in [6.07, 6.45) is 0. The minimum Gasteiger partial charge on any atom is -0.496 e. The van der Waals surface area contributed by atoms with Crippen LogP contribution in [0.1, 0.15) is 6.92 Å². The molecule has 0 saturated carbocycles. The van der Waals surface area contributed by atoms with Crippen molar-refractivity contribution < 1.29 is 4.74 Å². The minimum atomic E-state index is 0.972. The second kappa shape index (κ2) is 4.29. The predicted octanol–water partition coefficient (Wildman–Crippen LogP) is 2.81. The summed E-state index contributed by atoms with van der Waals surface area (Å²) >= 11 is 1.80. The molecule has 0 unspecified atom stereocenters. The van der Waals surface area contributed by atoms with Crippen molar-refractivity contribution in [3.8, 4) is 5.75 Å². The van der Waals surface area contributed by atoms with E-state index in [-0.39, 0.29) is 0 Å². The summed E-state index contributed by atoms with van der Waals surface area (Å²) < 4.78 is 5.18. The SMILES string of the molecule is CCSc1ccccc1OC. The summed E-state index contributed by atoms with van der Waals surface area (Å²) in [5, 5.41) is 0. The number of hydrogen-bond acceptors (Lipinski definition) is 2. The van der Waals surface area contributed by atoms with Gasteiger partial charge in [-0.2, -0.15) is 0 Å². The van der Waals surface area contributed by atoms with Crippen LogP contribution in [0.3, 0.4) is 0 Å². The largest absolute Gasteiger partial charge is 0.496 e. The number of rotatable bonds is 3. The first-order valence-electron chi connectivity index (χ1n) is 3.64. The maximum atomic E-state index is 5.18. The fourth-order valence-corrected chi connectivity index (χ4v) is 1.67. The van der Waals surface area contributed by atoms with Gasteiger partial charge in [0, 0.05) is 4.90 Å². The topological polar surface area (TPSA) is 9.23 Å². The summed E-state index contributed by atoms with van der Waals surface area (Å²) in [6, 6.07) is 8.07. The Hall–Kier alpha value is -0.630. The van der Waals surface area contributed by atoms with Crippen LogP contribution in [0.15, 0.2) is 29.2 Å². The maximum Gasteiger partial charge on any atom is 0.132 e. The van der Waals surface area contributed by atoms with Crippen LogP contribution >= 0.6 is 11.8 Å². The Morgan fingerprint density at radius 2 is 2.09 bits per heavy atom. The molecule has 0 heterocycles. The molecule has 0 aliphatic carbocycles. The molecule has 2 heteroatoms. The van der Waals surface area contributed by atoms with Gasteiger partial charge in [0.05, 0.1) is 7.11 Å². The molecule has 0 aliphatic heterocycles. The molecule has 0 saturated heterocycles. The van der Waals surface area contributed by atoms with E-state index in [1.807, 2.05) is 18.2 Å². The van der Waals surface area contributed by atoms with E-state index < -0.39 is 0 Å². The number of methoxy groups -OCH3 is 1. The zero-order valence-corrected chi connectivity index (χ0v) is 7.65. The summed E-state index contributed by atoms with van der Waals surface area (Å²) in [6.45, 7) is 2.14. The molecule has 1 aromatic carbocycles. The van der Waals surface area contributed by atoms with Gasteiger partial charge < -0.3 is 4.74 Å². The highest BCUT2D eigenvalue weighted by Gasteiger charge is 1.98. The molecule has 11 heavy (non-hydrogen) atoms. The van der Waals surface area contributed by atoms with E-state index in [0.717, 1.165) is 11.5 Å². The zero-order valence-electron chi connectivity index (χ0n) is 6.83. The third-order valence-electron chi connectivity index (χ3n) is 1.37. The molecular formula is C9H12OS. The van der Waals surface area contributed by atoms with E-state index in [1.54, 1.807) is 18.9 Å². The fraction of sp³-hybridized carbons (Fsp3) is 0.333. The Kier molecular flexibility index (Phi) is 3.30. The first-order valence-corrected chi connectivity index (χ1v) is 4.63. The van der Waals surface area contributed by atoms with Gasteiger partial charge in [-0.15, -0.1) is 11.8 Å². The Labute approximate surface area is 71.8 Å². The molecule has 60 valence electrons. The van der Waals surface area contributed by atoms with Gasteiger partial charge in [-0.25, -0.2) is 0 Å². The van der Waals surface area contributed by atoms with Gasteiger partial charge in [-0.1, -0.05) is 19.1 Å². The van der Waals surface area contributed by atoms with Gasteiger partial charge >= 0.3 is 0 Å². The summed E-state index contributed by atoms with van der Waals surface area (Å²) in [4.78, 5) is 1.22. The monoisotopic (exact) mass is 168 g/mol. The van der Waals surface area contributed by atoms with Crippen molar-refractivity contribution in [3.63, 3.8) is 0 Å². The standard InChI is InChI=1S/C9H12OS/c1-3-11-9-7-5-4-6-8(9)10-2/h4-7H,3H2,1-2H3. The Bertz CT molecular complexity index is 223. The molecule has 0 atom stereocenters. The van der Waals surface area contributed by atoms with Crippen LogP contribution in [0, 0.1) is 0 Å². The second-order valence-corrected chi connectivity index (χ2v) is 3.39. The molecule has 0 radical (unpaired) electrons. The number of hydrogen-bond donors (Lipinski definition) is 0. The number of para-hydroxylation sites is 1. The summed E-state index contributed by atoms with van der Waals surface area (Å²) in [5.74, 6) is 2.06. The van der Waals surface area contributed by atoms with E-state index in [1.165, 1.54) is 4.90 Å². The molecule has 1 nitrogen and oxygen atoms in total. The Morgan fingerprint density at radius 1 is 1.36 bits per heavy atom. The van der Waals surface area contributed by atoms with Crippen LogP contribution in [0.4, 0.5) is 0 Å². The lowest BCUT2D eigenvalue weighted by molar-refractivity contribution is 0.405. The second-order valence-electron chi connectivity index (χ2n) is 2.08. The highest BCUT2D eigenvalue weighted by molar-refractivity contribution is 7.99. The normalized spacial score (nSPS) is 9.64. The van der Waals surface area contributed by atoms with Crippen molar-refractivity contribution in [3.05, 3.63) is 24.3 Å². The van der Waals surface area contributed by atoms with Gasteiger partial charge in [-0.05, 0) is 17.9 Å². The Morgan fingerprint density at radius 3 is 2.73 bits per heavy atom. The quantitative estimate of drug-likeness (QED) is 0.642. The van der Waals surface area contributed by atoms with Crippen molar-refractivity contribution in [2.24, 2.45) is 0 Å². The van der Waals surface area contributed by atoms with E-state index in [9.17, 15) is 0 Å². The average molecular weight is 168 g/mol. The van der Waals surface area contributed by atoms with E-state index in [0.29, 0.717) is 0 Å². The van der Waals surface area contributed by atoms with Crippen LogP contribution in [0.2, 0.25) is 0 Å². The summed E-state index contributed by atoms with van der Waals surface area (Å²) in [5.41, 5.74) is 0. The lowest BCUT2D eigenvalue weighted by Gasteiger charge is -2.04. The molecule has 0 N–H and O–H groups in total. The number of benzene rings is 1. The van der Waals surface area contributed by atoms with Crippen LogP contribution in [-0.4, -0.2) is 12.9 Å². The third kappa shape index (κ3) is 2.15. The molecule has 0 aliphatic rings. The van der Waals surface area contributed by atoms with Crippen LogP contribution < -0.4 is 4.74 Å². The van der Waals surface area contributed by atoms with Crippen molar-refractivity contribution >= 4 is 11.8 Å². The zero-order chi connectivity index (χ0) is 8.10. The average Bonchev–Trinajstić information content (AvgIpc) is 2.06. The first-order chi connectivity index (χ1) is 5.38. The number of ether oxygens (including phenoxy) is 1. The molecule has 0 bridgehead atoms.